The summed E-state index contributed by atoms with van der Waals surface area (Å²) in [6, 6.07) is 3.26. The second-order valence-corrected chi connectivity index (χ2v) is 11.7. The fraction of sp³-hybridized carbons (Fsp3) is 0.500. The second-order valence-electron chi connectivity index (χ2n) is 6.89. The minimum absolute atomic E-state index is 0.0816. The molecule has 0 radical (unpaired) electrons. The monoisotopic (exact) mass is 406 g/mol. The van der Waals surface area contributed by atoms with Crippen LogP contribution in [0, 0.1) is 18.3 Å². The van der Waals surface area contributed by atoms with Crippen molar-refractivity contribution in [2.45, 2.75) is 44.9 Å². The predicted octanol–water partition coefficient (Wildman–Crippen LogP) is 4.63. The Balaban J connectivity index is 2.51. The SMILES string of the molecule is Cc1c(N2C(=O)OCC2C(O[Si](C)(C)C)C(F)(F)F)ccc(C#N)c1Cl. The fourth-order valence-corrected chi connectivity index (χ4v) is 3.96. The molecule has 1 fully saturated rings. The molecule has 1 aromatic carbocycles. The summed E-state index contributed by atoms with van der Waals surface area (Å²) < 4.78 is 51.2. The summed E-state index contributed by atoms with van der Waals surface area (Å²) in [7, 11) is -2.57. The number of rotatable bonds is 4. The van der Waals surface area contributed by atoms with Crippen molar-refractivity contribution in [1.82, 2.24) is 0 Å². The third-order valence-corrected chi connectivity index (χ3v) is 5.24. The molecule has 2 atom stereocenters. The van der Waals surface area contributed by atoms with Gasteiger partial charge in [-0.2, -0.15) is 18.4 Å². The van der Waals surface area contributed by atoms with E-state index in [2.05, 4.69) is 0 Å². The lowest BCUT2D eigenvalue weighted by Gasteiger charge is -2.35. The lowest BCUT2D eigenvalue weighted by atomic mass is 10.1. The lowest BCUT2D eigenvalue weighted by Crippen LogP contribution is -2.54. The number of benzene rings is 1. The Hall–Kier alpha value is -1.76. The van der Waals surface area contributed by atoms with Crippen LogP contribution in [0.4, 0.5) is 23.7 Å². The van der Waals surface area contributed by atoms with Crippen LogP contribution >= 0.6 is 11.6 Å². The molecule has 0 saturated carbocycles. The number of hydrogen-bond acceptors (Lipinski definition) is 4. The number of cyclic esters (lactones) is 1. The molecular formula is C16H18ClF3N2O3Si. The number of alkyl halides is 3. The van der Waals surface area contributed by atoms with Crippen LogP contribution in [0.2, 0.25) is 24.7 Å². The molecule has 26 heavy (non-hydrogen) atoms. The van der Waals surface area contributed by atoms with Gasteiger partial charge in [-0.05, 0) is 44.3 Å². The van der Waals surface area contributed by atoms with Gasteiger partial charge >= 0.3 is 12.3 Å². The minimum Gasteiger partial charge on any atom is -0.447 e. The topological polar surface area (TPSA) is 62.6 Å². The molecule has 0 bridgehead atoms. The Labute approximate surface area is 155 Å². The summed E-state index contributed by atoms with van der Waals surface area (Å²) in [5.74, 6) is 0. The van der Waals surface area contributed by atoms with Crippen molar-refractivity contribution in [2.24, 2.45) is 0 Å². The molecule has 2 unspecified atom stereocenters. The maximum absolute atomic E-state index is 13.7. The molecule has 0 aromatic heterocycles. The zero-order valence-corrected chi connectivity index (χ0v) is 16.4. The Morgan fingerprint density at radius 1 is 1.42 bits per heavy atom. The molecule has 0 spiro atoms. The van der Waals surface area contributed by atoms with E-state index in [4.69, 9.17) is 26.0 Å². The molecule has 10 heteroatoms. The highest BCUT2D eigenvalue weighted by Gasteiger charge is 2.54. The van der Waals surface area contributed by atoms with E-state index in [0.29, 0.717) is 5.56 Å². The van der Waals surface area contributed by atoms with Crippen LogP contribution < -0.4 is 4.90 Å². The number of nitriles is 1. The fourth-order valence-electron chi connectivity index (χ4n) is 2.70. The summed E-state index contributed by atoms with van der Waals surface area (Å²) in [4.78, 5) is 13.1. The maximum atomic E-state index is 13.7. The number of halogens is 4. The van der Waals surface area contributed by atoms with Gasteiger partial charge in [-0.25, -0.2) is 4.79 Å². The van der Waals surface area contributed by atoms with Crippen molar-refractivity contribution in [3.8, 4) is 6.07 Å². The Bertz CT molecular complexity index is 759. The number of carbonyl (C=O) groups excluding carboxylic acids is 1. The molecule has 1 aliphatic heterocycles. The van der Waals surface area contributed by atoms with Crippen molar-refractivity contribution < 1.29 is 27.1 Å². The van der Waals surface area contributed by atoms with Gasteiger partial charge in [0.1, 0.15) is 18.7 Å². The van der Waals surface area contributed by atoms with Gasteiger partial charge in [0.15, 0.2) is 14.4 Å². The van der Waals surface area contributed by atoms with Crippen molar-refractivity contribution >= 4 is 31.7 Å². The highest BCUT2D eigenvalue weighted by Crippen LogP contribution is 2.38. The summed E-state index contributed by atoms with van der Waals surface area (Å²) in [6.45, 7) is 5.99. The van der Waals surface area contributed by atoms with Gasteiger partial charge in [-0.3, -0.25) is 4.90 Å². The summed E-state index contributed by atoms with van der Waals surface area (Å²) in [6.07, 6.45) is -7.77. The van der Waals surface area contributed by atoms with Gasteiger partial charge in [-0.1, -0.05) is 11.6 Å². The van der Waals surface area contributed by atoms with Crippen LogP contribution in [0.25, 0.3) is 0 Å². The molecule has 1 aliphatic rings. The van der Waals surface area contributed by atoms with Gasteiger partial charge in [0.05, 0.1) is 16.3 Å². The first-order chi connectivity index (χ1) is 11.9. The van der Waals surface area contributed by atoms with Crippen LogP contribution in [0.5, 0.6) is 0 Å². The molecule has 2 rings (SSSR count). The second kappa shape index (κ2) is 7.10. The first-order valence-electron chi connectivity index (χ1n) is 7.76. The third kappa shape index (κ3) is 4.14. The summed E-state index contributed by atoms with van der Waals surface area (Å²) >= 11 is 6.10. The van der Waals surface area contributed by atoms with E-state index >= 15 is 0 Å². The molecule has 1 heterocycles. The van der Waals surface area contributed by atoms with Gasteiger partial charge in [0.25, 0.3) is 0 Å². The number of hydrogen-bond donors (Lipinski definition) is 0. The molecule has 5 nitrogen and oxygen atoms in total. The number of ether oxygens (including phenoxy) is 1. The largest absolute Gasteiger partial charge is 0.447 e. The molecule has 0 N–H and O–H groups in total. The third-order valence-electron chi connectivity index (χ3n) is 3.80. The normalized spacial score (nSPS) is 19.3. The van der Waals surface area contributed by atoms with Crippen molar-refractivity contribution in [3.63, 3.8) is 0 Å². The maximum Gasteiger partial charge on any atom is 0.415 e. The van der Waals surface area contributed by atoms with Crippen LogP contribution in [0.3, 0.4) is 0 Å². The van der Waals surface area contributed by atoms with Crippen molar-refractivity contribution in [2.75, 3.05) is 11.5 Å². The van der Waals surface area contributed by atoms with Crippen molar-refractivity contribution in [3.05, 3.63) is 28.3 Å². The average Bonchev–Trinajstić information content (AvgIpc) is 2.87. The number of carbonyl (C=O) groups is 1. The number of anilines is 1. The van der Waals surface area contributed by atoms with Crippen molar-refractivity contribution in [1.29, 1.82) is 5.26 Å². The van der Waals surface area contributed by atoms with E-state index in [1.54, 1.807) is 19.6 Å². The van der Waals surface area contributed by atoms with E-state index in [9.17, 15) is 18.0 Å². The lowest BCUT2D eigenvalue weighted by molar-refractivity contribution is -0.203. The first kappa shape index (κ1) is 20.5. The number of amides is 1. The Kier molecular flexibility index (Phi) is 5.61. The van der Waals surface area contributed by atoms with Gasteiger partial charge in [-0.15, -0.1) is 0 Å². The number of nitrogens with zero attached hydrogens (tertiary/aromatic N) is 2. The van der Waals surface area contributed by atoms with Crippen LogP contribution in [0.15, 0.2) is 12.1 Å². The summed E-state index contributed by atoms with van der Waals surface area (Å²) in [5, 5.41) is 9.10. The van der Waals surface area contributed by atoms with Gasteiger partial charge < -0.3 is 9.16 Å². The van der Waals surface area contributed by atoms with Crippen LogP contribution in [-0.2, 0) is 9.16 Å². The highest BCUT2D eigenvalue weighted by atomic mass is 35.5. The van der Waals surface area contributed by atoms with E-state index in [1.807, 2.05) is 6.07 Å². The minimum atomic E-state index is -4.68. The molecule has 1 amide bonds. The van der Waals surface area contributed by atoms with Crippen LogP contribution in [-0.4, -0.2) is 39.3 Å². The molecule has 1 aromatic rings. The van der Waals surface area contributed by atoms with Gasteiger partial charge in [0.2, 0.25) is 0 Å². The highest BCUT2D eigenvalue weighted by molar-refractivity contribution is 6.69. The smallest absolute Gasteiger partial charge is 0.415 e. The van der Waals surface area contributed by atoms with E-state index in [0.717, 1.165) is 4.90 Å². The Morgan fingerprint density at radius 2 is 2.04 bits per heavy atom. The van der Waals surface area contributed by atoms with E-state index in [1.165, 1.54) is 19.1 Å². The Morgan fingerprint density at radius 3 is 2.54 bits per heavy atom. The predicted molar refractivity (Wildman–Crippen MR) is 92.8 cm³/mol. The first-order valence-corrected chi connectivity index (χ1v) is 11.5. The zero-order valence-electron chi connectivity index (χ0n) is 14.6. The standard InChI is InChI=1S/C16H18ClF3N2O3Si/c1-9-11(6-5-10(7-21)13(9)17)22-12(8-24-15(22)23)14(16(18,19)20)25-26(2,3)4/h5-6,12,14H,8H2,1-4H3. The molecule has 142 valence electrons. The van der Waals surface area contributed by atoms with Gasteiger partial charge in [0, 0.05) is 0 Å². The quantitative estimate of drug-likeness (QED) is 0.684. The summed E-state index contributed by atoms with van der Waals surface area (Å²) in [5.41, 5.74) is 0.654. The van der Waals surface area contributed by atoms with E-state index in [-0.39, 0.29) is 16.3 Å². The van der Waals surface area contributed by atoms with E-state index < -0.39 is 39.3 Å². The van der Waals surface area contributed by atoms with Crippen LogP contribution in [0.1, 0.15) is 11.1 Å². The molecule has 0 aliphatic carbocycles. The average molecular weight is 407 g/mol. The molecule has 1 saturated heterocycles. The molecular weight excluding hydrogens is 389 g/mol. The zero-order chi connectivity index (χ0) is 19.9.